The molecule has 2 aliphatic heterocycles. The third kappa shape index (κ3) is 2.49. The molecule has 0 spiro atoms. The standard InChI is InChI=1S/C14H20N4O3/c1-8-4-9(6-16-5-8)18(14(19)20)12-10-2-3-21-13(10)17-7-11(12)15/h7-9,16H,2-6,15H2,1H3,(H,19,20)/t8-,9-/m1/s1. The first-order chi connectivity index (χ1) is 10.1. The molecule has 4 N–H and O–H groups in total. The number of piperidine rings is 1. The van der Waals surface area contributed by atoms with Crippen molar-refractivity contribution in [2.45, 2.75) is 25.8 Å². The Labute approximate surface area is 123 Å². The number of nitrogens with zero attached hydrogens (tertiary/aromatic N) is 2. The van der Waals surface area contributed by atoms with Gasteiger partial charge >= 0.3 is 6.09 Å². The second-order valence-electron chi connectivity index (χ2n) is 5.75. The van der Waals surface area contributed by atoms with E-state index in [1.165, 1.54) is 11.1 Å². The summed E-state index contributed by atoms with van der Waals surface area (Å²) in [5, 5.41) is 13.0. The van der Waals surface area contributed by atoms with E-state index in [0.29, 0.717) is 42.7 Å². The van der Waals surface area contributed by atoms with Crippen molar-refractivity contribution < 1.29 is 14.6 Å². The molecule has 3 heterocycles. The van der Waals surface area contributed by atoms with Crippen LogP contribution in [0.15, 0.2) is 6.20 Å². The van der Waals surface area contributed by atoms with Crippen molar-refractivity contribution in [3.8, 4) is 5.88 Å². The van der Waals surface area contributed by atoms with Crippen LogP contribution in [0.4, 0.5) is 16.2 Å². The minimum absolute atomic E-state index is 0.124. The summed E-state index contributed by atoms with van der Waals surface area (Å²) in [6.07, 6.45) is 1.96. The van der Waals surface area contributed by atoms with Crippen molar-refractivity contribution >= 4 is 17.5 Å². The number of rotatable bonds is 2. The van der Waals surface area contributed by atoms with Crippen LogP contribution in [0.3, 0.4) is 0 Å². The van der Waals surface area contributed by atoms with Gasteiger partial charge in [-0.3, -0.25) is 4.90 Å². The number of hydrogen-bond acceptors (Lipinski definition) is 5. The normalized spacial score (nSPS) is 24.2. The van der Waals surface area contributed by atoms with Crippen molar-refractivity contribution in [1.29, 1.82) is 0 Å². The number of ether oxygens (including phenoxy) is 1. The summed E-state index contributed by atoms with van der Waals surface area (Å²) in [7, 11) is 0. The molecule has 3 rings (SSSR count). The number of hydrogen-bond donors (Lipinski definition) is 3. The highest BCUT2D eigenvalue weighted by Gasteiger charge is 2.34. The van der Waals surface area contributed by atoms with Gasteiger partial charge in [-0.05, 0) is 18.9 Å². The molecule has 0 radical (unpaired) electrons. The molecule has 7 heteroatoms. The van der Waals surface area contributed by atoms with Gasteiger partial charge in [-0.2, -0.15) is 0 Å². The van der Waals surface area contributed by atoms with Gasteiger partial charge in [-0.25, -0.2) is 9.78 Å². The fraction of sp³-hybridized carbons (Fsp3) is 0.571. The van der Waals surface area contributed by atoms with E-state index in [1.54, 1.807) is 0 Å². The number of carboxylic acid groups (broad SMARTS) is 1. The van der Waals surface area contributed by atoms with E-state index in [0.717, 1.165) is 18.5 Å². The van der Waals surface area contributed by atoms with E-state index < -0.39 is 6.09 Å². The van der Waals surface area contributed by atoms with Gasteiger partial charge in [0.2, 0.25) is 5.88 Å². The third-order valence-electron chi connectivity index (χ3n) is 4.09. The molecule has 2 aliphatic rings. The predicted octanol–water partition coefficient (Wildman–Crippen LogP) is 1.08. The summed E-state index contributed by atoms with van der Waals surface area (Å²) in [5.41, 5.74) is 7.77. The van der Waals surface area contributed by atoms with Gasteiger partial charge in [-0.1, -0.05) is 6.92 Å². The minimum Gasteiger partial charge on any atom is -0.477 e. The Morgan fingerprint density at radius 3 is 3.10 bits per heavy atom. The Hall–Kier alpha value is -2.02. The lowest BCUT2D eigenvalue weighted by molar-refractivity contribution is 0.195. The molecule has 1 aromatic heterocycles. The molecule has 1 aromatic rings. The van der Waals surface area contributed by atoms with Crippen LogP contribution in [0.5, 0.6) is 5.88 Å². The summed E-state index contributed by atoms with van der Waals surface area (Å²) in [6.45, 7) is 4.18. The Morgan fingerprint density at radius 2 is 2.38 bits per heavy atom. The maximum absolute atomic E-state index is 11.8. The van der Waals surface area contributed by atoms with Crippen LogP contribution in [0.25, 0.3) is 0 Å². The first-order valence-electron chi connectivity index (χ1n) is 7.21. The summed E-state index contributed by atoms with van der Waals surface area (Å²) in [5.74, 6) is 0.931. The van der Waals surface area contributed by atoms with Crippen LogP contribution in [0.2, 0.25) is 0 Å². The summed E-state index contributed by atoms with van der Waals surface area (Å²) < 4.78 is 5.43. The fourth-order valence-electron chi connectivity index (χ4n) is 3.19. The molecular weight excluding hydrogens is 272 g/mol. The van der Waals surface area contributed by atoms with Crippen LogP contribution >= 0.6 is 0 Å². The van der Waals surface area contributed by atoms with Crippen molar-refractivity contribution in [2.75, 3.05) is 30.3 Å². The number of carbonyl (C=O) groups is 1. The minimum atomic E-state index is -0.983. The highest BCUT2D eigenvalue weighted by Crippen LogP contribution is 2.38. The Bertz CT molecular complexity index is 563. The van der Waals surface area contributed by atoms with Crippen LogP contribution in [0.1, 0.15) is 18.9 Å². The quantitative estimate of drug-likeness (QED) is 0.754. The molecule has 0 aliphatic carbocycles. The van der Waals surface area contributed by atoms with Crippen LogP contribution in [0, 0.1) is 5.92 Å². The number of anilines is 2. The molecule has 0 unspecified atom stereocenters. The highest BCUT2D eigenvalue weighted by atomic mass is 16.5. The smallest absolute Gasteiger partial charge is 0.412 e. The van der Waals surface area contributed by atoms with E-state index >= 15 is 0 Å². The molecule has 0 bridgehead atoms. The second-order valence-corrected chi connectivity index (χ2v) is 5.75. The monoisotopic (exact) mass is 292 g/mol. The Kier molecular flexibility index (Phi) is 3.59. The first kappa shape index (κ1) is 13.9. The lowest BCUT2D eigenvalue weighted by Crippen LogP contribution is -2.51. The van der Waals surface area contributed by atoms with Crippen molar-refractivity contribution in [1.82, 2.24) is 10.3 Å². The number of amides is 1. The fourth-order valence-corrected chi connectivity index (χ4v) is 3.19. The maximum Gasteiger partial charge on any atom is 0.412 e. The molecule has 21 heavy (non-hydrogen) atoms. The maximum atomic E-state index is 11.8. The van der Waals surface area contributed by atoms with E-state index in [-0.39, 0.29) is 6.04 Å². The zero-order chi connectivity index (χ0) is 15.0. The van der Waals surface area contributed by atoms with E-state index in [9.17, 15) is 9.90 Å². The zero-order valence-electron chi connectivity index (χ0n) is 12.0. The molecule has 114 valence electrons. The molecule has 0 aromatic carbocycles. The Morgan fingerprint density at radius 1 is 1.57 bits per heavy atom. The van der Waals surface area contributed by atoms with Gasteiger partial charge in [0.1, 0.15) is 0 Å². The molecule has 1 saturated heterocycles. The molecule has 2 atom stereocenters. The first-order valence-corrected chi connectivity index (χ1v) is 7.21. The number of nitrogens with one attached hydrogen (secondary N) is 1. The molecule has 7 nitrogen and oxygen atoms in total. The largest absolute Gasteiger partial charge is 0.477 e. The van der Waals surface area contributed by atoms with Gasteiger partial charge in [0.15, 0.2) is 0 Å². The predicted molar refractivity (Wildman–Crippen MR) is 78.8 cm³/mol. The third-order valence-corrected chi connectivity index (χ3v) is 4.09. The van der Waals surface area contributed by atoms with Gasteiger partial charge in [0.05, 0.1) is 30.2 Å². The molecule has 1 fully saturated rings. The summed E-state index contributed by atoms with van der Waals surface area (Å²) >= 11 is 0. The van der Waals surface area contributed by atoms with Crippen LogP contribution < -0.4 is 20.7 Å². The van der Waals surface area contributed by atoms with Crippen LogP contribution in [-0.4, -0.2) is 41.9 Å². The number of pyridine rings is 1. The number of nitrogen functional groups attached to an aromatic ring is 1. The van der Waals surface area contributed by atoms with Crippen molar-refractivity contribution in [2.24, 2.45) is 5.92 Å². The van der Waals surface area contributed by atoms with Crippen molar-refractivity contribution in [3.63, 3.8) is 0 Å². The van der Waals surface area contributed by atoms with E-state index in [2.05, 4.69) is 17.2 Å². The van der Waals surface area contributed by atoms with Gasteiger partial charge in [-0.15, -0.1) is 0 Å². The van der Waals surface area contributed by atoms with Gasteiger partial charge < -0.3 is 20.9 Å². The number of aromatic nitrogens is 1. The van der Waals surface area contributed by atoms with Gasteiger partial charge in [0, 0.05) is 18.5 Å². The average molecular weight is 292 g/mol. The summed E-state index contributed by atoms with van der Waals surface area (Å²) in [4.78, 5) is 17.4. The van der Waals surface area contributed by atoms with Crippen molar-refractivity contribution in [3.05, 3.63) is 11.8 Å². The highest BCUT2D eigenvalue weighted by molar-refractivity contribution is 5.93. The molecule has 1 amide bonds. The SMILES string of the molecule is C[C@H]1CNC[C@H](N(C(=O)O)c2c(N)cnc3c2CCO3)C1. The lowest BCUT2D eigenvalue weighted by atomic mass is 9.95. The molecule has 0 saturated carbocycles. The number of nitrogens with two attached hydrogens (primary N) is 1. The number of fused-ring (bicyclic) bond motifs is 1. The zero-order valence-corrected chi connectivity index (χ0v) is 12.0. The van der Waals surface area contributed by atoms with E-state index in [4.69, 9.17) is 10.5 Å². The average Bonchev–Trinajstić information content (AvgIpc) is 2.90. The Balaban J connectivity index is 2.02. The topological polar surface area (TPSA) is 101 Å². The molecular formula is C14H20N4O3. The van der Waals surface area contributed by atoms with Gasteiger partial charge in [0.25, 0.3) is 0 Å². The second kappa shape index (κ2) is 5.40. The summed E-state index contributed by atoms with van der Waals surface area (Å²) in [6, 6.07) is -0.124. The van der Waals surface area contributed by atoms with Crippen LogP contribution in [-0.2, 0) is 6.42 Å². The van der Waals surface area contributed by atoms with E-state index in [1.807, 2.05) is 0 Å². The lowest BCUT2D eigenvalue weighted by Gasteiger charge is -2.36.